The second kappa shape index (κ2) is 9.31. The minimum atomic E-state index is -4.44. The molecule has 0 saturated carbocycles. The number of hydrogen-bond donors (Lipinski definition) is 2. The van der Waals surface area contributed by atoms with Crippen LogP contribution in [0.15, 0.2) is 23.2 Å². The number of nitrogens with one attached hydrogen (secondary N) is 2. The molecule has 0 aromatic carbocycles. The molecule has 0 aliphatic heterocycles. The number of amides is 2. The summed E-state index contributed by atoms with van der Waals surface area (Å²) in [5, 5.41) is 5.73. The van der Waals surface area contributed by atoms with Crippen molar-refractivity contribution < 1.29 is 22.7 Å². The molecule has 0 spiro atoms. The van der Waals surface area contributed by atoms with Gasteiger partial charge in [0.1, 0.15) is 0 Å². The van der Waals surface area contributed by atoms with Gasteiger partial charge in [-0.15, -0.1) is 0 Å². The number of methoxy groups -OCH3 is 2. The van der Waals surface area contributed by atoms with Crippen LogP contribution in [-0.4, -0.2) is 53.2 Å². The third-order valence-electron chi connectivity index (χ3n) is 4.04. The Kier molecular flexibility index (Phi) is 6.75. The van der Waals surface area contributed by atoms with Gasteiger partial charge < -0.3 is 9.47 Å². The lowest BCUT2D eigenvalue weighted by Crippen LogP contribution is -2.35. The van der Waals surface area contributed by atoms with Gasteiger partial charge in [-0.3, -0.25) is 5.32 Å². The minimum absolute atomic E-state index is 0.110. The largest absolute Gasteiger partial charge is 0.481 e. The maximum Gasteiger partial charge on any atom is 0.335 e. The van der Waals surface area contributed by atoms with Crippen molar-refractivity contribution in [2.24, 2.45) is 0 Å². The van der Waals surface area contributed by atoms with Gasteiger partial charge in [0.05, 0.1) is 26.0 Å². The number of urea groups is 1. The SMILES string of the molecule is CCCCc1ccc2nc(Cl)c(S(=O)(=O)NC(=O)Nc3nc(OC)cc(OC)n3)n2n1. The van der Waals surface area contributed by atoms with Crippen LogP contribution in [0.25, 0.3) is 5.65 Å². The molecule has 12 nitrogen and oxygen atoms in total. The number of aromatic nitrogens is 5. The third kappa shape index (κ3) is 5.11. The van der Waals surface area contributed by atoms with Crippen LogP contribution in [0.1, 0.15) is 25.5 Å². The summed E-state index contributed by atoms with van der Waals surface area (Å²) in [4.78, 5) is 24.1. The van der Waals surface area contributed by atoms with E-state index >= 15 is 0 Å². The topological polar surface area (TPSA) is 150 Å². The molecule has 0 radical (unpaired) electrons. The maximum atomic E-state index is 12.9. The fourth-order valence-electron chi connectivity index (χ4n) is 2.61. The van der Waals surface area contributed by atoms with Crippen molar-refractivity contribution >= 4 is 39.3 Å². The zero-order valence-electron chi connectivity index (χ0n) is 16.9. The van der Waals surface area contributed by atoms with Crippen molar-refractivity contribution in [1.82, 2.24) is 29.3 Å². The van der Waals surface area contributed by atoms with E-state index in [2.05, 4.69) is 25.4 Å². The van der Waals surface area contributed by atoms with Crippen LogP contribution in [-0.2, 0) is 16.4 Å². The number of rotatable bonds is 8. The minimum Gasteiger partial charge on any atom is -0.481 e. The Morgan fingerprint density at radius 3 is 2.45 bits per heavy atom. The number of aryl methyl sites for hydroxylation is 1. The summed E-state index contributed by atoms with van der Waals surface area (Å²) in [5.74, 6) is -0.00888. The summed E-state index contributed by atoms with van der Waals surface area (Å²) in [6.07, 6.45) is 2.49. The molecule has 0 unspecified atom stereocenters. The Morgan fingerprint density at radius 2 is 1.84 bits per heavy atom. The molecule has 31 heavy (non-hydrogen) atoms. The monoisotopic (exact) mass is 469 g/mol. The fraction of sp³-hybridized carbons (Fsp3) is 0.353. The first-order chi connectivity index (χ1) is 14.8. The van der Waals surface area contributed by atoms with Gasteiger partial charge in [-0.25, -0.2) is 14.5 Å². The number of hydrogen-bond acceptors (Lipinski definition) is 9. The quantitative estimate of drug-likeness (QED) is 0.505. The molecule has 0 fully saturated rings. The molecule has 166 valence electrons. The van der Waals surface area contributed by atoms with Crippen LogP contribution < -0.4 is 19.5 Å². The van der Waals surface area contributed by atoms with E-state index in [1.807, 2.05) is 11.6 Å². The molecular formula is C17H20ClN7O5S. The summed E-state index contributed by atoms with van der Waals surface area (Å²) in [7, 11) is -1.70. The molecule has 3 aromatic rings. The second-order valence-electron chi connectivity index (χ2n) is 6.24. The van der Waals surface area contributed by atoms with E-state index in [0.29, 0.717) is 12.1 Å². The third-order valence-corrected chi connectivity index (χ3v) is 5.75. The molecule has 0 aliphatic carbocycles. The number of anilines is 1. The first kappa shape index (κ1) is 22.5. The Bertz CT molecular complexity index is 1190. The van der Waals surface area contributed by atoms with Crippen molar-refractivity contribution in [3.63, 3.8) is 0 Å². The first-order valence-electron chi connectivity index (χ1n) is 9.12. The van der Waals surface area contributed by atoms with Crippen LogP contribution >= 0.6 is 11.6 Å². The number of halogens is 1. The van der Waals surface area contributed by atoms with Crippen LogP contribution in [0, 0.1) is 0 Å². The highest BCUT2D eigenvalue weighted by Gasteiger charge is 2.28. The number of sulfonamides is 1. The maximum absolute atomic E-state index is 12.9. The summed E-state index contributed by atoms with van der Waals surface area (Å²) >= 11 is 6.05. The van der Waals surface area contributed by atoms with E-state index in [9.17, 15) is 13.2 Å². The number of nitrogens with zero attached hydrogens (tertiary/aromatic N) is 5. The van der Waals surface area contributed by atoms with E-state index < -0.39 is 21.1 Å². The van der Waals surface area contributed by atoms with Gasteiger partial charge in [-0.1, -0.05) is 24.9 Å². The standard InChI is InChI=1S/C17H20ClN7O5S/c1-4-5-6-10-7-8-11-19-14(18)15(25(11)23-10)31(27,28)24-17(26)22-16-20-12(29-2)9-13(21-16)30-3/h7-9H,4-6H2,1-3H3,(H2,20,21,22,24,26). The van der Waals surface area contributed by atoms with Crippen LogP contribution in [0.4, 0.5) is 10.7 Å². The normalized spacial score (nSPS) is 11.4. The molecule has 0 atom stereocenters. The Labute approximate surface area is 183 Å². The molecule has 14 heteroatoms. The van der Waals surface area contributed by atoms with Crippen LogP contribution in [0.3, 0.4) is 0 Å². The van der Waals surface area contributed by atoms with Crippen molar-refractivity contribution in [3.8, 4) is 11.8 Å². The lowest BCUT2D eigenvalue weighted by molar-refractivity contribution is 0.256. The lowest BCUT2D eigenvalue weighted by Gasteiger charge is -2.09. The summed E-state index contributed by atoms with van der Waals surface area (Å²) in [6, 6.07) is 3.63. The van der Waals surface area contributed by atoms with Gasteiger partial charge in [0.25, 0.3) is 10.0 Å². The predicted molar refractivity (Wildman–Crippen MR) is 111 cm³/mol. The van der Waals surface area contributed by atoms with E-state index in [1.54, 1.807) is 12.1 Å². The van der Waals surface area contributed by atoms with Crippen molar-refractivity contribution in [2.75, 3.05) is 19.5 Å². The van der Waals surface area contributed by atoms with E-state index in [-0.39, 0.29) is 28.5 Å². The molecule has 0 bridgehead atoms. The molecule has 3 aromatic heterocycles. The van der Waals surface area contributed by atoms with Gasteiger partial charge in [-0.2, -0.15) is 28.0 Å². The summed E-state index contributed by atoms with van der Waals surface area (Å²) in [6.45, 7) is 2.03. The second-order valence-corrected chi connectivity index (χ2v) is 8.20. The first-order valence-corrected chi connectivity index (χ1v) is 11.0. The zero-order valence-corrected chi connectivity index (χ0v) is 18.5. The molecule has 0 aliphatic rings. The van der Waals surface area contributed by atoms with Gasteiger partial charge in [0, 0.05) is 0 Å². The molecule has 3 heterocycles. The number of unbranched alkanes of at least 4 members (excludes halogenated alkanes) is 1. The summed E-state index contributed by atoms with van der Waals surface area (Å²) in [5.41, 5.74) is 0.896. The number of imidazole rings is 1. The Balaban J connectivity index is 1.87. The van der Waals surface area contributed by atoms with Crippen molar-refractivity contribution in [2.45, 2.75) is 31.2 Å². The number of carbonyl (C=O) groups excluding carboxylic acids is 1. The number of ether oxygens (including phenoxy) is 2. The molecule has 2 N–H and O–H groups in total. The molecule has 2 amide bonds. The van der Waals surface area contributed by atoms with E-state index in [0.717, 1.165) is 17.4 Å². The van der Waals surface area contributed by atoms with Crippen molar-refractivity contribution in [1.29, 1.82) is 0 Å². The Morgan fingerprint density at radius 1 is 1.16 bits per heavy atom. The van der Waals surface area contributed by atoms with Gasteiger partial charge >= 0.3 is 6.03 Å². The zero-order chi connectivity index (χ0) is 22.6. The highest BCUT2D eigenvalue weighted by atomic mass is 35.5. The Hall–Kier alpha value is -3.19. The smallest absolute Gasteiger partial charge is 0.335 e. The van der Waals surface area contributed by atoms with Crippen molar-refractivity contribution in [3.05, 3.63) is 29.0 Å². The number of carbonyl (C=O) groups is 1. The fourth-order valence-corrected chi connectivity index (χ4v) is 4.10. The molecular weight excluding hydrogens is 450 g/mol. The average Bonchev–Trinajstić information content (AvgIpc) is 3.07. The van der Waals surface area contributed by atoms with Crippen LogP contribution in [0.2, 0.25) is 5.15 Å². The average molecular weight is 470 g/mol. The highest BCUT2D eigenvalue weighted by Crippen LogP contribution is 2.22. The van der Waals surface area contributed by atoms with Gasteiger partial charge in [0.2, 0.25) is 22.7 Å². The highest BCUT2D eigenvalue weighted by molar-refractivity contribution is 7.90. The lowest BCUT2D eigenvalue weighted by atomic mass is 10.2. The van der Waals surface area contributed by atoms with E-state index in [4.69, 9.17) is 21.1 Å². The van der Waals surface area contributed by atoms with E-state index in [1.165, 1.54) is 20.3 Å². The van der Waals surface area contributed by atoms with Crippen LogP contribution in [0.5, 0.6) is 11.8 Å². The molecule has 3 rings (SSSR count). The molecule has 0 saturated heterocycles. The van der Waals surface area contributed by atoms with Gasteiger partial charge in [-0.05, 0) is 25.0 Å². The summed E-state index contributed by atoms with van der Waals surface area (Å²) < 4.78 is 38.6. The van der Waals surface area contributed by atoms with Gasteiger partial charge in [0.15, 0.2) is 10.8 Å². The predicted octanol–water partition coefficient (Wildman–Crippen LogP) is 2.04. The number of fused-ring (bicyclic) bond motifs is 1.